The predicted octanol–water partition coefficient (Wildman–Crippen LogP) is 2.04. The largest absolute Gasteiger partial charge is 0.457 e. The van der Waals surface area contributed by atoms with Gasteiger partial charge in [-0.15, -0.1) is 0 Å². The van der Waals surface area contributed by atoms with Crippen LogP contribution in [0.5, 0.6) is 11.5 Å². The van der Waals surface area contributed by atoms with Gasteiger partial charge in [-0.2, -0.15) is 0 Å². The minimum Gasteiger partial charge on any atom is -0.457 e. The van der Waals surface area contributed by atoms with Crippen molar-refractivity contribution < 1.29 is 4.74 Å². The first kappa shape index (κ1) is 9.33. The molecule has 1 aromatic heterocycles. The molecule has 2 rings (SSSR count). The van der Waals surface area contributed by atoms with Gasteiger partial charge in [0.05, 0.1) is 0 Å². The maximum atomic E-state index is 5.63. The van der Waals surface area contributed by atoms with Crippen molar-refractivity contribution in [2.75, 3.05) is 11.5 Å². The third-order valence-corrected chi connectivity index (χ3v) is 1.85. The Balaban J connectivity index is 2.22. The molecule has 0 saturated heterocycles. The van der Waals surface area contributed by atoms with E-state index in [0.717, 1.165) is 0 Å². The molecule has 0 radical (unpaired) electrons. The predicted molar refractivity (Wildman–Crippen MR) is 59.6 cm³/mol. The minimum atomic E-state index is 0.427. The van der Waals surface area contributed by atoms with Crippen LogP contribution in [0.4, 0.5) is 11.5 Å². The van der Waals surface area contributed by atoms with E-state index in [2.05, 4.69) is 4.98 Å². The summed E-state index contributed by atoms with van der Waals surface area (Å²) in [6.45, 7) is 0. The van der Waals surface area contributed by atoms with Gasteiger partial charge in [-0.25, -0.2) is 4.98 Å². The van der Waals surface area contributed by atoms with Gasteiger partial charge in [-0.3, -0.25) is 0 Å². The molecule has 2 aromatic rings. The summed E-state index contributed by atoms with van der Waals surface area (Å²) in [6.07, 6.45) is 1.59. The highest BCUT2D eigenvalue weighted by Crippen LogP contribution is 2.23. The van der Waals surface area contributed by atoms with Crippen LogP contribution in [-0.4, -0.2) is 4.98 Å². The first-order valence-electron chi connectivity index (χ1n) is 4.49. The van der Waals surface area contributed by atoms with E-state index >= 15 is 0 Å². The molecule has 0 unspecified atom stereocenters. The van der Waals surface area contributed by atoms with Crippen molar-refractivity contribution in [2.45, 2.75) is 0 Å². The fourth-order valence-electron chi connectivity index (χ4n) is 1.21. The monoisotopic (exact) mass is 201 g/mol. The molecule has 0 spiro atoms. The Labute approximate surface area is 87.5 Å². The first-order chi connectivity index (χ1) is 7.24. The van der Waals surface area contributed by atoms with Crippen molar-refractivity contribution in [2.24, 2.45) is 0 Å². The van der Waals surface area contributed by atoms with Crippen molar-refractivity contribution in [1.82, 2.24) is 4.98 Å². The lowest BCUT2D eigenvalue weighted by Crippen LogP contribution is -1.91. The highest BCUT2D eigenvalue weighted by Gasteiger charge is 1.98. The van der Waals surface area contributed by atoms with Crippen LogP contribution < -0.4 is 16.2 Å². The Kier molecular flexibility index (Phi) is 2.41. The number of ether oxygens (including phenoxy) is 1. The number of nitrogens with zero attached hydrogens (tertiary/aromatic N) is 1. The normalized spacial score (nSPS) is 9.87. The second kappa shape index (κ2) is 3.88. The molecule has 0 atom stereocenters. The Hall–Kier alpha value is -2.23. The fraction of sp³-hybridized carbons (Fsp3) is 0. The summed E-state index contributed by atoms with van der Waals surface area (Å²) < 4.78 is 5.54. The molecule has 0 aliphatic heterocycles. The summed E-state index contributed by atoms with van der Waals surface area (Å²) in [5.41, 5.74) is 11.8. The SMILES string of the molecule is Nc1cccc(Oc2ccnc(N)c2)c1. The highest BCUT2D eigenvalue weighted by molar-refractivity contribution is 5.46. The number of nitrogens with two attached hydrogens (primary N) is 2. The van der Waals surface area contributed by atoms with Crippen LogP contribution in [0.3, 0.4) is 0 Å². The Bertz CT molecular complexity index is 427. The number of benzene rings is 1. The van der Waals surface area contributed by atoms with Gasteiger partial charge < -0.3 is 16.2 Å². The van der Waals surface area contributed by atoms with Crippen molar-refractivity contribution in [3.05, 3.63) is 42.6 Å². The van der Waals surface area contributed by atoms with Crippen LogP contribution in [0.15, 0.2) is 42.6 Å². The molecule has 76 valence electrons. The zero-order chi connectivity index (χ0) is 10.7. The smallest absolute Gasteiger partial charge is 0.132 e. The molecule has 4 heteroatoms. The zero-order valence-electron chi connectivity index (χ0n) is 8.05. The lowest BCUT2D eigenvalue weighted by molar-refractivity contribution is 0.482. The summed E-state index contributed by atoms with van der Waals surface area (Å²) >= 11 is 0. The lowest BCUT2D eigenvalue weighted by atomic mass is 10.3. The minimum absolute atomic E-state index is 0.427. The third kappa shape index (κ3) is 2.37. The van der Waals surface area contributed by atoms with E-state index in [4.69, 9.17) is 16.2 Å². The maximum absolute atomic E-state index is 5.63. The molecule has 1 heterocycles. The Morgan fingerprint density at radius 2 is 1.80 bits per heavy atom. The molecule has 0 saturated carbocycles. The summed E-state index contributed by atoms with van der Waals surface area (Å²) in [5, 5.41) is 0. The van der Waals surface area contributed by atoms with Crippen LogP contribution in [-0.2, 0) is 0 Å². The zero-order valence-corrected chi connectivity index (χ0v) is 8.05. The molecular weight excluding hydrogens is 190 g/mol. The summed E-state index contributed by atoms with van der Waals surface area (Å²) in [4.78, 5) is 3.87. The molecule has 0 amide bonds. The second-order valence-electron chi connectivity index (χ2n) is 3.09. The van der Waals surface area contributed by atoms with E-state index in [-0.39, 0.29) is 0 Å². The van der Waals surface area contributed by atoms with Crippen molar-refractivity contribution in [3.63, 3.8) is 0 Å². The Morgan fingerprint density at radius 1 is 1.00 bits per heavy atom. The van der Waals surface area contributed by atoms with Gasteiger partial charge >= 0.3 is 0 Å². The van der Waals surface area contributed by atoms with Gasteiger partial charge in [0.25, 0.3) is 0 Å². The lowest BCUT2D eigenvalue weighted by Gasteiger charge is -2.06. The van der Waals surface area contributed by atoms with Crippen LogP contribution >= 0.6 is 0 Å². The van der Waals surface area contributed by atoms with Crippen LogP contribution in [0.25, 0.3) is 0 Å². The van der Waals surface area contributed by atoms with Crippen LogP contribution in [0.2, 0.25) is 0 Å². The van der Waals surface area contributed by atoms with Gasteiger partial charge in [0, 0.05) is 24.0 Å². The molecule has 0 aliphatic rings. The summed E-state index contributed by atoms with van der Waals surface area (Å²) in [6, 6.07) is 10.6. The average Bonchev–Trinajstić information content (AvgIpc) is 2.17. The van der Waals surface area contributed by atoms with Crippen LogP contribution in [0, 0.1) is 0 Å². The van der Waals surface area contributed by atoms with Crippen molar-refractivity contribution in [1.29, 1.82) is 0 Å². The highest BCUT2D eigenvalue weighted by atomic mass is 16.5. The number of aromatic nitrogens is 1. The van der Waals surface area contributed by atoms with E-state index in [1.54, 1.807) is 30.5 Å². The fourth-order valence-corrected chi connectivity index (χ4v) is 1.21. The molecule has 15 heavy (non-hydrogen) atoms. The van der Waals surface area contributed by atoms with Gasteiger partial charge in [0.15, 0.2) is 0 Å². The van der Waals surface area contributed by atoms with E-state index in [0.29, 0.717) is 23.0 Å². The van der Waals surface area contributed by atoms with Crippen molar-refractivity contribution in [3.8, 4) is 11.5 Å². The van der Waals surface area contributed by atoms with E-state index < -0.39 is 0 Å². The standard InChI is InChI=1S/C11H11N3O/c12-8-2-1-3-9(6-8)15-10-4-5-14-11(13)7-10/h1-7H,12H2,(H2,13,14). The molecule has 4 N–H and O–H groups in total. The van der Waals surface area contributed by atoms with E-state index in [1.807, 2.05) is 12.1 Å². The second-order valence-corrected chi connectivity index (χ2v) is 3.09. The van der Waals surface area contributed by atoms with Crippen LogP contribution in [0.1, 0.15) is 0 Å². The molecule has 0 aliphatic carbocycles. The summed E-state index contributed by atoms with van der Waals surface area (Å²) in [7, 11) is 0. The molecule has 0 bridgehead atoms. The number of nitrogen functional groups attached to an aromatic ring is 2. The topological polar surface area (TPSA) is 74.2 Å². The van der Waals surface area contributed by atoms with E-state index in [9.17, 15) is 0 Å². The average molecular weight is 201 g/mol. The molecule has 4 nitrogen and oxygen atoms in total. The molecule has 1 aromatic carbocycles. The van der Waals surface area contributed by atoms with E-state index in [1.165, 1.54) is 0 Å². The van der Waals surface area contributed by atoms with Gasteiger partial charge in [-0.1, -0.05) is 6.07 Å². The van der Waals surface area contributed by atoms with Gasteiger partial charge in [0.2, 0.25) is 0 Å². The van der Waals surface area contributed by atoms with Crippen molar-refractivity contribution >= 4 is 11.5 Å². The number of hydrogen-bond acceptors (Lipinski definition) is 4. The summed E-state index contributed by atoms with van der Waals surface area (Å²) in [5.74, 6) is 1.75. The van der Waals surface area contributed by atoms with Gasteiger partial charge in [-0.05, 0) is 18.2 Å². The quantitative estimate of drug-likeness (QED) is 0.729. The molecular formula is C11H11N3O. The third-order valence-electron chi connectivity index (χ3n) is 1.85. The number of rotatable bonds is 2. The number of hydrogen-bond donors (Lipinski definition) is 2. The first-order valence-corrected chi connectivity index (χ1v) is 4.49. The maximum Gasteiger partial charge on any atom is 0.132 e. The Morgan fingerprint density at radius 3 is 2.53 bits per heavy atom. The number of pyridine rings is 1. The van der Waals surface area contributed by atoms with Gasteiger partial charge in [0.1, 0.15) is 17.3 Å². The molecule has 0 fully saturated rings. The number of anilines is 2.